The molecule has 5 nitrogen and oxygen atoms in total. The SMILES string of the molecule is COc1cccc(COc2ccnc(NN)c2)c1. The lowest BCUT2D eigenvalue weighted by Gasteiger charge is -2.08. The van der Waals surface area contributed by atoms with Crippen molar-refractivity contribution in [2.75, 3.05) is 12.5 Å². The number of hydrazine groups is 1. The minimum Gasteiger partial charge on any atom is -0.497 e. The van der Waals surface area contributed by atoms with Gasteiger partial charge in [-0.05, 0) is 23.8 Å². The summed E-state index contributed by atoms with van der Waals surface area (Å²) in [5.41, 5.74) is 3.51. The van der Waals surface area contributed by atoms with E-state index in [1.54, 1.807) is 25.4 Å². The van der Waals surface area contributed by atoms with Crippen LogP contribution in [0.3, 0.4) is 0 Å². The molecule has 0 saturated carbocycles. The highest BCUT2D eigenvalue weighted by molar-refractivity contribution is 5.39. The van der Waals surface area contributed by atoms with Crippen LogP contribution >= 0.6 is 0 Å². The summed E-state index contributed by atoms with van der Waals surface area (Å²) in [6.45, 7) is 0.464. The Morgan fingerprint density at radius 3 is 2.89 bits per heavy atom. The van der Waals surface area contributed by atoms with Gasteiger partial charge in [-0.15, -0.1) is 0 Å². The third-order valence-corrected chi connectivity index (χ3v) is 2.42. The normalized spacial score (nSPS) is 9.89. The maximum absolute atomic E-state index is 5.64. The van der Waals surface area contributed by atoms with Gasteiger partial charge in [0.05, 0.1) is 7.11 Å². The molecule has 0 saturated heterocycles. The minimum absolute atomic E-state index is 0.464. The molecule has 94 valence electrons. The molecule has 0 aliphatic carbocycles. The first kappa shape index (κ1) is 12.2. The molecule has 0 amide bonds. The summed E-state index contributed by atoms with van der Waals surface area (Å²) in [5.74, 6) is 7.37. The summed E-state index contributed by atoms with van der Waals surface area (Å²) >= 11 is 0. The van der Waals surface area contributed by atoms with Crippen LogP contribution in [0.5, 0.6) is 11.5 Å². The minimum atomic E-state index is 0.464. The number of hydrogen-bond donors (Lipinski definition) is 2. The second kappa shape index (κ2) is 5.88. The van der Waals surface area contributed by atoms with E-state index in [4.69, 9.17) is 15.3 Å². The monoisotopic (exact) mass is 245 g/mol. The van der Waals surface area contributed by atoms with Crippen molar-refractivity contribution in [2.45, 2.75) is 6.61 Å². The first-order chi connectivity index (χ1) is 8.81. The topological polar surface area (TPSA) is 69.4 Å². The number of nitrogens with zero attached hydrogens (tertiary/aromatic N) is 1. The molecule has 0 bridgehead atoms. The second-order valence-corrected chi connectivity index (χ2v) is 3.66. The average molecular weight is 245 g/mol. The number of ether oxygens (including phenoxy) is 2. The molecule has 0 radical (unpaired) electrons. The number of methoxy groups -OCH3 is 1. The lowest BCUT2D eigenvalue weighted by molar-refractivity contribution is 0.305. The van der Waals surface area contributed by atoms with Gasteiger partial charge in [-0.2, -0.15) is 0 Å². The molecular weight excluding hydrogens is 230 g/mol. The van der Waals surface area contributed by atoms with Crippen molar-refractivity contribution >= 4 is 5.82 Å². The van der Waals surface area contributed by atoms with E-state index in [0.717, 1.165) is 11.3 Å². The molecule has 0 atom stereocenters. The highest BCUT2D eigenvalue weighted by Gasteiger charge is 1.99. The molecule has 1 aromatic carbocycles. The van der Waals surface area contributed by atoms with Crippen molar-refractivity contribution in [1.29, 1.82) is 0 Å². The molecule has 1 aromatic heterocycles. The molecule has 0 unspecified atom stereocenters. The Bertz CT molecular complexity index is 470. The number of benzene rings is 1. The second-order valence-electron chi connectivity index (χ2n) is 3.66. The fraction of sp³-hybridized carbons (Fsp3) is 0.154. The van der Waals surface area contributed by atoms with Gasteiger partial charge in [0.1, 0.15) is 23.9 Å². The Hall–Kier alpha value is -2.27. The molecule has 5 heteroatoms. The smallest absolute Gasteiger partial charge is 0.143 e. The maximum Gasteiger partial charge on any atom is 0.143 e. The largest absolute Gasteiger partial charge is 0.497 e. The van der Waals surface area contributed by atoms with Crippen LogP contribution in [0.1, 0.15) is 5.56 Å². The van der Waals surface area contributed by atoms with Gasteiger partial charge in [0.2, 0.25) is 0 Å². The Labute approximate surface area is 106 Å². The van der Waals surface area contributed by atoms with E-state index < -0.39 is 0 Å². The van der Waals surface area contributed by atoms with Crippen LogP contribution in [0.2, 0.25) is 0 Å². The first-order valence-corrected chi connectivity index (χ1v) is 5.50. The van der Waals surface area contributed by atoms with Crippen molar-refractivity contribution in [3.05, 3.63) is 48.2 Å². The third kappa shape index (κ3) is 3.11. The molecule has 0 spiro atoms. The predicted molar refractivity (Wildman–Crippen MR) is 69.4 cm³/mol. The number of pyridine rings is 1. The number of anilines is 1. The van der Waals surface area contributed by atoms with E-state index >= 15 is 0 Å². The molecule has 2 aromatic rings. The van der Waals surface area contributed by atoms with Crippen molar-refractivity contribution in [2.24, 2.45) is 5.84 Å². The molecule has 3 N–H and O–H groups in total. The lowest BCUT2D eigenvalue weighted by Crippen LogP contribution is -2.08. The van der Waals surface area contributed by atoms with Crippen LogP contribution in [0, 0.1) is 0 Å². The van der Waals surface area contributed by atoms with E-state index in [0.29, 0.717) is 18.2 Å². The van der Waals surface area contributed by atoms with Gasteiger partial charge in [0, 0.05) is 12.3 Å². The predicted octanol–water partition coefficient (Wildman–Crippen LogP) is 1.95. The van der Waals surface area contributed by atoms with E-state index in [1.165, 1.54) is 0 Å². The third-order valence-electron chi connectivity index (χ3n) is 2.42. The fourth-order valence-corrected chi connectivity index (χ4v) is 1.51. The summed E-state index contributed by atoms with van der Waals surface area (Å²) in [5, 5.41) is 0. The molecule has 0 aliphatic heterocycles. The maximum atomic E-state index is 5.64. The number of nitrogens with one attached hydrogen (secondary N) is 1. The number of aromatic nitrogens is 1. The van der Waals surface area contributed by atoms with E-state index in [2.05, 4.69) is 10.4 Å². The molecule has 0 aliphatic rings. The average Bonchev–Trinajstić information content (AvgIpc) is 2.45. The number of hydrogen-bond acceptors (Lipinski definition) is 5. The summed E-state index contributed by atoms with van der Waals surface area (Å²) in [6, 6.07) is 11.2. The lowest BCUT2D eigenvalue weighted by atomic mass is 10.2. The molecule has 18 heavy (non-hydrogen) atoms. The molecule has 2 rings (SSSR count). The zero-order valence-corrected chi connectivity index (χ0v) is 10.1. The van der Waals surface area contributed by atoms with Gasteiger partial charge in [-0.1, -0.05) is 12.1 Å². The van der Waals surface area contributed by atoms with Gasteiger partial charge < -0.3 is 14.9 Å². The zero-order valence-electron chi connectivity index (χ0n) is 10.1. The number of rotatable bonds is 5. The Morgan fingerprint density at radius 2 is 2.11 bits per heavy atom. The fourth-order valence-electron chi connectivity index (χ4n) is 1.51. The van der Waals surface area contributed by atoms with Crippen LogP contribution in [0.4, 0.5) is 5.82 Å². The van der Waals surface area contributed by atoms with E-state index in [-0.39, 0.29) is 0 Å². The van der Waals surface area contributed by atoms with Crippen LogP contribution in [-0.2, 0) is 6.61 Å². The number of nitrogen functional groups attached to an aromatic ring is 1. The first-order valence-electron chi connectivity index (χ1n) is 5.50. The standard InChI is InChI=1S/C13H15N3O2/c1-17-11-4-2-3-10(7-11)9-18-12-5-6-15-13(8-12)16-14/h2-8H,9,14H2,1H3,(H,15,16). The van der Waals surface area contributed by atoms with Crippen LogP contribution < -0.4 is 20.7 Å². The highest BCUT2D eigenvalue weighted by Crippen LogP contribution is 2.17. The quantitative estimate of drug-likeness (QED) is 0.622. The Morgan fingerprint density at radius 1 is 1.22 bits per heavy atom. The summed E-state index contributed by atoms with van der Waals surface area (Å²) in [7, 11) is 1.64. The Balaban J connectivity index is 2.01. The van der Waals surface area contributed by atoms with Gasteiger partial charge >= 0.3 is 0 Å². The van der Waals surface area contributed by atoms with Gasteiger partial charge in [0.15, 0.2) is 0 Å². The van der Waals surface area contributed by atoms with Crippen molar-refractivity contribution in [1.82, 2.24) is 4.98 Å². The van der Waals surface area contributed by atoms with Crippen LogP contribution in [0.15, 0.2) is 42.6 Å². The molecular formula is C13H15N3O2. The summed E-state index contributed by atoms with van der Waals surface area (Å²) < 4.78 is 10.8. The summed E-state index contributed by atoms with van der Waals surface area (Å²) in [6.07, 6.45) is 1.64. The van der Waals surface area contributed by atoms with Crippen molar-refractivity contribution in [3.63, 3.8) is 0 Å². The molecule has 1 heterocycles. The highest BCUT2D eigenvalue weighted by atomic mass is 16.5. The van der Waals surface area contributed by atoms with Crippen LogP contribution in [-0.4, -0.2) is 12.1 Å². The van der Waals surface area contributed by atoms with E-state index in [1.807, 2.05) is 24.3 Å². The number of nitrogens with two attached hydrogens (primary N) is 1. The van der Waals surface area contributed by atoms with Gasteiger partial charge in [-0.3, -0.25) is 0 Å². The molecule has 0 fully saturated rings. The van der Waals surface area contributed by atoms with Crippen molar-refractivity contribution in [3.8, 4) is 11.5 Å². The van der Waals surface area contributed by atoms with Crippen molar-refractivity contribution < 1.29 is 9.47 Å². The Kier molecular flexibility index (Phi) is 3.98. The summed E-state index contributed by atoms with van der Waals surface area (Å²) in [4.78, 5) is 4.00. The van der Waals surface area contributed by atoms with Gasteiger partial charge in [0.25, 0.3) is 0 Å². The van der Waals surface area contributed by atoms with E-state index in [9.17, 15) is 0 Å². The zero-order chi connectivity index (χ0) is 12.8. The van der Waals surface area contributed by atoms with Gasteiger partial charge in [-0.25, -0.2) is 10.8 Å². The van der Waals surface area contributed by atoms with Crippen LogP contribution in [0.25, 0.3) is 0 Å².